The van der Waals surface area contributed by atoms with Crippen molar-refractivity contribution in [1.82, 2.24) is 9.80 Å². The molecule has 1 aromatic rings. The molecule has 0 atom stereocenters. The van der Waals surface area contributed by atoms with Gasteiger partial charge < -0.3 is 14.5 Å². The number of carbonyl (C=O) groups is 2. The van der Waals surface area contributed by atoms with Crippen LogP contribution in [0.3, 0.4) is 0 Å². The number of benzene rings is 1. The summed E-state index contributed by atoms with van der Waals surface area (Å²) in [6.45, 7) is 7.17. The molecule has 0 radical (unpaired) electrons. The molecule has 1 saturated heterocycles. The zero-order valence-corrected chi connectivity index (χ0v) is 16.0. The highest BCUT2D eigenvalue weighted by molar-refractivity contribution is 5.93. The van der Waals surface area contributed by atoms with Gasteiger partial charge in [0.25, 0.3) is 5.91 Å². The molecule has 1 heterocycles. The van der Waals surface area contributed by atoms with Crippen molar-refractivity contribution in [3.05, 3.63) is 35.4 Å². The third kappa shape index (κ3) is 5.76. The molecule has 0 bridgehead atoms. The second-order valence-electron chi connectivity index (χ2n) is 8.01. The number of hydrogen-bond donors (Lipinski definition) is 0. The number of nitrogens with zero attached hydrogens (tertiary/aromatic N) is 2. The number of carbonyl (C=O) groups excluding carboxylic acids is 2. The zero-order chi connectivity index (χ0) is 18.6. The van der Waals surface area contributed by atoms with Crippen molar-refractivity contribution in [3.8, 4) is 0 Å². The lowest BCUT2D eigenvalue weighted by molar-refractivity contribution is 0.0184. The number of likely N-dealkylation sites (tertiary alicyclic amines) is 1. The van der Waals surface area contributed by atoms with Gasteiger partial charge in [0, 0.05) is 32.7 Å². The van der Waals surface area contributed by atoms with Crippen LogP contribution in [0, 0.1) is 5.92 Å². The van der Waals surface area contributed by atoms with Crippen molar-refractivity contribution in [2.75, 3.05) is 27.2 Å². The Hall–Kier alpha value is -2.04. The van der Waals surface area contributed by atoms with E-state index in [0.717, 1.165) is 32.4 Å². The third-order valence-electron chi connectivity index (χ3n) is 4.40. The van der Waals surface area contributed by atoms with E-state index in [9.17, 15) is 9.59 Å². The van der Waals surface area contributed by atoms with Crippen LogP contribution >= 0.6 is 0 Å². The summed E-state index contributed by atoms with van der Waals surface area (Å²) in [4.78, 5) is 27.4. The van der Waals surface area contributed by atoms with Crippen molar-refractivity contribution in [2.45, 2.75) is 45.6 Å². The molecule has 0 N–H and O–H groups in total. The molecule has 0 aliphatic carbocycles. The molecule has 2 amide bonds. The Balaban J connectivity index is 1.84. The summed E-state index contributed by atoms with van der Waals surface area (Å²) in [6.07, 6.45) is 2.74. The Morgan fingerprint density at radius 1 is 1.12 bits per heavy atom. The maximum atomic E-state index is 12.1. The lowest BCUT2D eigenvalue weighted by atomic mass is 9.90. The van der Waals surface area contributed by atoms with Gasteiger partial charge in [0.15, 0.2) is 0 Å². The average Bonchev–Trinajstić information content (AvgIpc) is 2.54. The van der Waals surface area contributed by atoms with Gasteiger partial charge >= 0.3 is 6.09 Å². The summed E-state index contributed by atoms with van der Waals surface area (Å²) >= 11 is 0. The van der Waals surface area contributed by atoms with E-state index in [1.54, 1.807) is 23.9 Å². The smallest absolute Gasteiger partial charge is 0.410 e. The van der Waals surface area contributed by atoms with Gasteiger partial charge in [0.2, 0.25) is 0 Å². The molecule has 1 fully saturated rings. The summed E-state index contributed by atoms with van der Waals surface area (Å²) in [5.41, 5.74) is 1.51. The van der Waals surface area contributed by atoms with E-state index in [1.807, 2.05) is 45.0 Å². The maximum absolute atomic E-state index is 12.1. The molecule has 5 nitrogen and oxygen atoms in total. The highest BCUT2D eigenvalue weighted by Gasteiger charge is 2.26. The van der Waals surface area contributed by atoms with Crippen LogP contribution in [0.15, 0.2) is 24.3 Å². The van der Waals surface area contributed by atoms with Crippen LogP contribution in [0.4, 0.5) is 4.79 Å². The van der Waals surface area contributed by atoms with Crippen molar-refractivity contribution >= 4 is 12.0 Å². The molecule has 25 heavy (non-hydrogen) atoms. The molecule has 1 aliphatic rings. The molecule has 2 rings (SSSR count). The number of rotatable bonds is 3. The van der Waals surface area contributed by atoms with Crippen LogP contribution in [0.5, 0.6) is 0 Å². The van der Waals surface area contributed by atoms with Crippen LogP contribution in [0.25, 0.3) is 0 Å². The van der Waals surface area contributed by atoms with Crippen molar-refractivity contribution in [3.63, 3.8) is 0 Å². The molecular weight excluding hydrogens is 316 g/mol. The van der Waals surface area contributed by atoms with Crippen LogP contribution in [0.1, 0.15) is 49.5 Å². The quantitative estimate of drug-likeness (QED) is 0.840. The molecule has 1 aromatic carbocycles. The highest BCUT2D eigenvalue weighted by Crippen LogP contribution is 2.23. The lowest BCUT2D eigenvalue weighted by Gasteiger charge is -2.33. The first kappa shape index (κ1) is 19.3. The zero-order valence-electron chi connectivity index (χ0n) is 16.0. The summed E-state index contributed by atoms with van der Waals surface area (Å²) in [7, 11) is 3.52. The largest absolute Gasteiger partial charge is 0.444 e. The molecule has 138 valence electrons. The molecule has 0 unspecified atom stereocenters. The predicted molar refractivity (Wildman–Crippen MR) is 98.7 cm³/mol. The van der Waals surface area contributed by atoms with E-state index >= 15 is 0 Å². The minimum absolute atomic E-state index is 0.0252. The number of ether oxygens (including phenoxy) is 1. The van der Waals surface area contributed by atoms with Gasteiger partial charge in [-0.3, -0.25) is 4.79 Å². The third-order valence-corrected chi connectivity index (χ3v) is 4.40. The molecule has 5 heteroatoms. The Labute approximate surface area is 150 Å². The summed E-state index contributed by atoms with van der Waals surface area (Å²) in [5.74, 6) is 0.589. The maximum Gasteiger partial charge on any atom is 0.410 e. The second kappa shape index (κ2) is 7.89. The molecule has 0 saturated carbocycles. The predicted octanol–water partition coefficient (Wildman–Crippen LogP) is 3.58. The number of hydrogen-bond acceptors (Lipinski definition) is 3. The van der Waals surface area contributed by atoms with Crippen LogP contribution in [0.2, 0.25) is 0 Å². The number of piperidine rings is 1. The fourth-order valence-corrected chi connectivity index (χ4v) is 3.02. The van der Waals surface area contributed by atoms with Crippen LogP contribution in [-0.4, -0.2) is 54.6 Å². The van der Waals surface area contributed by atoms with E-state index < -0.39 is 5.60 Å². The molecule has 0 spiro atoms. The Bertz CT molecular complexity index is 594. The Kier molecular flexibility index (Phi) is 6.09. The monoisotopic (exact) mass is 346 g/mol. The summed E-state index contributed by atoms with van der Waals surface area (Å²) < 4.78 is 5.44. The first-order valence-corrected chi connectivity index (χ1v) is 8.94. The molecule has 1 aliphatic heterocycles. The molecular formula is C20H30N2O3. The van der Waals surface area contributed by atoms with Gasteiger partial charge in [-0.15, -0.1) is 0 Å². The summed E-state index contributed by atoms with van der Waals surface area (Å²) in [6, 6.07) is 7.87. The van der Waals surface area contributed by atoms with E-state index in [-0.39, 0.29) is 12.0 Å². The minimum atomic E-state index is -0.445. The Morgan fingerprint density at radius 2 is 1.68 bits per heavy atom. The second-order valence-corrected chi connectivity index (χ2v) is 8.01. The van der Waals surface area contributed by atoms with Gasteiger partial charge in [-0.1, -0.05) is 12.1 Å². The van der Waals surface area contributed by atoms with E-state index in [4.69, 9.17) is 4.74 Å². The van der Waals surface area contributed by atoms with Gasteiger partial charge in [0.05, 0.1) is 0 Å². The molecule has 0 aromatic heterocycles. The lowest BCUT2D eigenvalue weighted by Crippen LogP contribution is -2.42. The van der Waals surface area contributed by atoms with Gasteiger partial charge in [-0.25, -0.2) is 4.79 Å². The Morgan fingerprint density at radius 3 is 2.16 bits per heavy atom. The first-order valence-electron chi connectivity index (χ1n) is 8.94. The van der Waals surface area contributed by atoms with Crippen molar-refractivity contribution in [1.29, 1.82) is 0 Å². The fourth-order valence-electron chi connectivity index (χ4n) is 3.02. The van der Waals surface area contributed by atoms with Gasteiger partial charge in [-0.2, -0.15) is 0 Å². The van der Waals surface area contributed by atoms with Crippen LogP contribution in [-0.2, 0) is 11.2 Å². The number of amides is 2. The van der Waals surface area contributed by atoms with E-state index in [1.165, 1.54) is 5.56 Å². The fraction of sp³-hybridized carbons (Fsp3) is 0.600. The summed E-state index contributed by atoms with van der Waals surface area (Å²) in [5, 5.41) is 0. The topological polar surface area (TPSA) is 49.9 Å². The SMILES string of the molecule is CN(C)C(=O)c1ccc(CC2CCN(C(=O)OC(C)(C)C)CC2)cc1. The minimum Gasteiger partial charge on any atom is -0.444 e. The highest BCUT2D eigenvalue weighted by atomic mass is 16.6. The normalized spacial score (nSPS) is 15.8. The van der Waals surface area contributed by atoms with Crippen LogP contribution < -0.4 is 0 Å². The first-order chi connectivity index (χ1) is 11.7. The van der Waals surface area contributed by atoms with Gasteiger partial charge in [0.1, 0.15) is 5.60 Å². The van der Waals surface area contributed by atoms with Crippen molar-refractivity contribution in [2.24, 2.45) is 5.92 Å². The van der Waals surface area contributed by atoms with Gasteiger partial charge in [-0.05, 0) is 63.6 Å². The van der Waals surface area contributed by atoms with Crippen molar-refractivity contribution < 1.29 is 14.3 Å². The standard InChI is InChI=1S/C20H30N2O3/c1-20(2,3)25-19(24)22-12-10-16(11-13-22)14-15-6-8-17(9-7-15)18(23)21(4)5/h6-9,16H,10-14H2,1-5H3. The van der Waals surface area contributed by atoms with E-state index in [0.29, 0.717) is 11.5 Å². The average molecular weight is 346 g/mol. The van der Waals surface area contributed by atoms with E-state index in [2.05, 4.69) is 0 Å².